The molecule has 0 spiro atoms. The first-order chi connectivity index (χ1) is 8.25. The largest absolute Gasteiger partial charge is 0.478 e. The Kier molecular flexibility index (Phi) is 2.28. The number of anilines is 1. The number of carboxylic acids is 1. The lowest BCUT2D eigenvalue weighted by Gasteiger charge is -2.27. The van der Waals surface area contributed by atoms with Crippen LogP contribution in [0.15, 0.2) is 24.3 Å². The number of fused-ring (bicyclic) bond motifs is 1. The molecular weight excluding hydrogens is 216 g/mol. The number of hydrogen-bond acceptors (Lipinski definition) is 2. The van der Waals surface area contributed by atoms with Crippen LogP contribution < -0.4 is 5.32 Å². The van der Waals surface area contributed by atoms with Gasteiger partial charge in [0.2, 0.25) is 0 Å². The minimum absolute atomic E-state index is 0.354. The highest BCUT2D eigenvalue weighted by molar-refractivity contribution is 6.08. The van der Waals surface area contributed by atoms with Gasteiger partial charge in [0.25, 0.3) is 0 Å². The van der Waals surface area contributed by atoms with Crippen LogP contribution in [0.2, 0.25) is 0 Å². The van der Waals surface area contributed by atoms with Crippen LogP contribution in [0.3, 0.4) is 0 Å². The van der Waals surface area contributed by atoms with Gasteiger partial charge in [0, 0.05) is 16.9 Å². The summed E-state index contributed by atoms with van der Waals surface area (Å²) in [4.78, 5) is 14.5. The zero-order chi connectivity index (χ0) is 11.8. The standard InChI is InChI=1S/C13H14N2O2/c16-13(17)11-9-6-1-2-7-10(9)15-12(11)14-8-4-3-5-8/h1-2,6-8,14-15H,3-5H2,(H,16,17). The maximum absolute atomic E-state index is 11.3. The molecule has 1 aromatic heterocycles. The Morgan fingerprint density at radius 2 is 2.12 bits per heavy atom. The van der Waals surface area contributed by atoms with E-state index < -0.39 is 5.97 Å². The molecule has 0 amide bonds. The van der Waals surface area contributed by atoms with Gasteiger partial charge in [0.1, 0.15) is 11.4 Å². The second-order valence-corrected chi connectivity index (χ2v) is 4.50. The minimum Gasteiger partial charge on any atom is -0.478 e. The number of aromatic nitrogens is 1. The summed E-state index contributed by atoms with van der Waals surface area (Å²) in [7, 11) is 0. The van der Waals surface area contributed by atoms with Gasteiger partial charge in [-0.1, -0.05) is 18.2 Å². The van der Waals surface area contributed by atoms with Gasteiger partial charge in [-0.05, 0) is 25.3 Å². The Morgan fingerprint density at radius 3 is 2.76 bits per heavy atom. The summed E-state index contributed by atoms with van der Waals surface area (Å²) < 4.78 is 0. The number of hydrogen-bond donors (Lipinski definition) is 3. The first-order valence-electron chi connectivity index (χ1n) is 5.86. The molecule has 17 heavy (non-hydrogen) atoms. The third-order valence-electron chi connectivity index (χ3n) is 3.37. The molecule has 0 radical (unpaired) electrons. The fraction of sp³-hybridized carbons (Fsp3) is 0.308. The third kappa shape index (κ3) is 1.65. The van der Waals surface area contributed by atoms with E-state index in [1.807, 2.05) is 24.3 Å². The van der Waals surface area contributed by atoms with Crippen molar-refractivity contribution in [2.24, 2.45) is 0 Å². The summed E-state index contributed by atoms with van der Waals surface area (Å²) in [5, 5.41) is 13.3. The molecule has 1 aliphatic rings. The van der Waals surface area contributed by atoms with Crippen LogP contribution in [0.1, 0.15) is 29.6 Å². The highest BCUT2D eigenvalue weighted by atomic mass is 16.4. The Hall–Kier alpha value is -1.97. The van der Waals surface area contributed by atoms with E-state index in [1.54, 1.807) is 0 Å². The van der Waals surface area contributed by atoms with Gasteiger partial charge in [0.15, 0.2) is 0 Å². The summed E-state index contributed by atoms with van der Waals surface area (Å²) in [6, 6.07) is 7.91. The molecule has 0 aliphatic heterocycles. The van der Waals surface area contributed by atoms with Gasteiger partial charge in [-0.3, -0.25) is 0 Å². The average Bonchev–Trinajstić information content (AvgIpc) is 2.61. The molecule has 3 rings (SSSR count). The molecule has 1 aromatic carbocycles. The van der Waals surface area contributed by atoms with Gasteiger partial charge < -0.3 is 15.4 Å². The Balaban J connectivity index is 2.08. The Bertz CT molecular complexity index is 570. The molecule has 0 bridgehead atoms. The quantitative estimate of drug-likeness (QED) is 0.759. The van der Waals surface area contributed by atoms with Gasteiger partial charge in [-0.15, -0.1) is 0 Å². The van der Waals surface area contributed by atoms with Crippen LogP contribution in [-0.2, 0) is 0 Å². The highest BCUT2D eigenvalue weighted by Gasteiger charge is 2.22. The monoisotopic (exact) mass is 230 g/mol. The fourth-order valence-corrected chi connectivity index (χ4v) is 2.23. The average molecular weight is 230 g/mol. The van der Waals surface area contributed by atoms with E-state index in [9.17, 15) is 9.90 Å². The van der Waals surface area contributed by atoms with Crippen LogP contribution in [0, 0.1) is 0 Å². The van der Waals surface area contributed by atoms with Gasteiger partial charge in [0.05, 0.1) is 0 Å². The van der Waals surface area contributed by atoms with Crippen molar-refractivity contribution < 1.29 is 9.90 Å². The number of nitrogens with one attached hydrogen (secondary N) is 2. The molecule has 1 saturated carbocycles. The lowest BCUT2D eigenvalue weighted by Crippen LogP contribution is -2.27. The maximum Gasteiger partial charge on any atom is 0.340 e. The molecule has 4 nitrogen and oxygen atoms in total. The van der Waals surface area contributed by atoms with Crippen LogP contribution in [0.25, 0.3) is 10.9 Å². The zero-order valence-electron chi connectivity index (χ0n) is 9.36. The summed E-state index contributed by atoms with van der Waals surface area (Å²) in [5.41, 5.74) is 1.22. The first kappa shape index (κ1) is 10.2. The number of carbonyl (C=O) groups is 1. The molecule has 2 aromatic rings. The van der Waals surface area contributed by atoms with E-state index in [0.717, 1.165) is 23.7 Å². The summed E-state index contributed by atoms with van der Waals surface area (Å²) in [5.74, 6) is -0.243. The van der Waals surface area contributed by atoms with Crippen molar-refractivity contribution in [1.82, 2.24) is 4.98 Å². The Labute approximate surface area is 98.6 Å². The van der Waals surface area contributed by atoms with E-state index >= 15 is 0 Å². The lowest BCUT2D eigenvalue weighted by molar-refractivity contribution is 0.0700. The van der Waals surface area contributed by atoms with Gasteiger partial charge in [-0.2, -0.15) is 0 Å². The molecule has 4 heteroatoms. The number of para-hydroxylation sites is 1. The van der Waals surface area contributed by atoms with E-state index in [2.05, 4.69) is 10.3 Å². The number of aromatic amines is 1. The molecule has 1 fully saturated rings. The van der Waals surface area contributed by atoms with Crippen LogP contribution in [0.5, 0.6) is 0 Å². The van der Waals surface area contributed by atoms with Crippen molar-refractivity contribution in [3.63, 3.8) is 0 Å². The summed E-state index contributed by atoms with van der Waals surface area (Å²) >= 11 is 0. The van der Waals surface area contributed by atoms with Crippen molar-refractivity contribution in [1.29, 1.82) is 0 Å². The molecule has 0 atom stereocenters. The van der Waals surface area contributed by atoms with Crippen LogP contribution in [-0.4, -0.2) is 22.1 Å². The molecule has 3 N–H and O–H groups in total. The SMILES string of the molecule is O=C(O)c1c(NC2CCC2)[nH]c2ccccc12. The van der Waals surface area contributed by atoms with E-state index in [1.165, 1.54) is 6.42 Å². The smallest absolute Gasteiger partial charge is 0.340 e. The first-order valence-corrected chi connectivity index (χ1v) is 5.86. The molecule has 0 saturated heterocycles. The molecule has 88 valence electrons. The third-order valence-corrected chi connectivity index (χ3v) is 3.37. The Morgan fingerprint density at radius 1 is 1.35 bits per heavy atom. The van der Waals surface area contributed by atoms with Crippen molar-refractivity contribution in [2.45, 2.75) is 25.3 Å². The second-order valence-electron chi connectivity index (χ2n) is 4.50. The molecule has 1 heterocycles. The number of benzene rings is 1. The van der Waals surface area contributed by atoms with Crippen molar-refractivity contribution >= 4 is 22.7 Å². The second kappa shape index (κ2) is 3.80. The topological polar surface area (TPSA) is 65.1 Å². The van der Waals surface area contributed by atoms with Crippen molar-refractivity contribution in [3.8, 4) is 0 Å². The van der Waals surface area contributed by atoms with Crippen molar-refractivity contribution in [3.05, 3.63) is 29.8 Å². The number of carboxylic acid groups (broad SMARTS) is 1. The fourth-order valence-electron chi connectivity index (χ4n) is 2.23. The summed E-state index contributed by atoms with van der Waals surface area (Å²) in [6.07, 6.45) is 3.46. The van der Waals surface area contributed by atoms with Gasteiger partial charge >= 0.3 is 5.97 Å². The van der Waals surface area contributed by atoms with Crippen LogP contribution in [0.4, 0.5) is 5.82 Å². The lowest BCUT2D eigenvalue weighted by atomic mass is 9.93. The van der Waals surface area contributed by atoms with E-state index in [4.69, 9.17) is 0 Å². The molecule has 0 unspecified atom stereocenters. The highest BCUT2D eigenvalue weighted by Crippen LogP contribution is 2.29. The molecule has 1 aliphatic carbocycles. The summed E-state index contributed by atoms with van der Waals surface area (Å²) in [6.45, 7) is 0. The van der Waals surface area contributed by atoms with Gasteiger partial charge in [-0.25, -0.2) is 4.79 Å². The maximum atomic E-state index is 11.3. The normalized spacial score (nSPS) is 15.8. The minimum atomic E-state index is -0.885. The van der Waals surface area contributed by atoms with E-state index in [0.29, 0.717) is 17.4 Å². The number of H-pyrrole nitrogens is 1. The van der Waals surface area contributed by atoms with Crippen LogP contribution >= 0.6 is 0 Å². The number of aromatic carboxylic acids is 1. The predicted octanol–water partition coefficient (Wildman–Crippen LogP) is 2.83. The van der Waals surface area contributed by atoms with Crippen molar-refractivity contribution in [2.75, 3.05) is 5.32 Å². The van der Waals surface area contributed by atoms with E-state index in [-0.39, 0.29) is 0 Å². The zero-order valence-corrected chi connectivity index (χ0v) is 9.36. The number of rotatable bonds is 3. The molecular formula is C13H14N2O2. The predicted molar refractivity (Wildman–Crippen MR) is 66.5 cm³/mol.